The average molecular weight is 265 g/mol. The number of carbonyl (C=O) groups is 1. The third-order valence-corrected chi connectivity index (χ3v) is 5.41. The lowest BCUT2D eigenvalue weighted by Gasteiger charge is -2.30. The highest BCUT2D eigenvalue weighted by molar-refractivity contribution is 5.88. The zero-order valence-electron chi connectivity index (χ0n) is 12.2. The van der Waals surface area contributed by atoms with Crippen molar-refractivity contribution in [3.05, 3.63) is 0 Å². The Labute approximate surface area is 116 Å². The van der Waals surface area contributed by atoms with Crippen LogP contribution in [0.25, 0.3) is 0 Å². The first kappa shape index (κ1) is 13.4. The minimum atomic E-state index is -0.160. The van der Waals surface area contributed by atoms with Crippen LogP contribution in [0.15, 0.2) is 0 Å². The van der Waals surface area contributed by atoms with E-state index >= 15 is 0 Å². The predicted octanol–water partition coefficient (Wildman–Crippen LogP) is 1.42. The van der Waals surface area contributed by atoms with Crippen LogP contribution < -0.4 is 5.32 Å². The molecular weight excluding hydrogens is 238 g/mol. The monoisotopic (exact) mass is 265 g/mol. The van der Waals surface area contributed by atoms with Gasteiger partial charge in [-0.15, -0.1) is 0 Å². The van der Waals surface area contributed by atoms with Gasteiger partial charge >= 0.3 is 0 Å². The number of hydrogen-bond acceptors (Lipinski definition) is 3. The second-order valence-corrected chi connectivity index (χ2v) is 6.73. The van der Waals surface area contributed by atoms with Crippen molar-refractivity contribution in [3.63, 3.8) is 0 Å². The van der Waals surface area contributed by atoms with Gasteiger partial charge in [0.05, 0.1) is 12.2 Å². The minimum Gasteiger partial charge on any atom is -0.328 e. The Kier molecular flexibility index (Phi) is 3.81. The lowest BCUT2D eigenvalue weighted by Crippen LogP contribution is -2.44. The molecule has 4 heteroatoms. The van der Waals surface area contributed by atoms with Gasteiger partial charge in [-0.2, -0.15) is 0 Å². The summed E-state index contributed by atoms with van der Waals surface area (Å²) in [6, 6.07) is 0. The van der Waals surface area contributed by atoms with E-state index in [0.29, 0.717) is 5.91 Å². The summed E-state index contributed by atoms with van der Waals surface area (Å²) in [4.78, 5) is 17.0. The topological polar surface area (TPSA) is 35.6 Å². The summed E-state index contributed by atoms with van der Waals surface area (Å²) in [6.45, 7) is 4.19. The van der Waals surface area contributed by atoms with E-state index in [1.165, 1.54) is 45.2 Å². The fourth-order valence-electron chi connectivity index (χ4n) is 3.94. The molecule has 3 aliphatic rings. The maximum atomic E-state index is 12.5. The van der Waals surface area contributed by atoms with Crippen LogP contribution in [0.1, 0.15) is 44.9 Å². The third-order valence-electron chi connectivity index (χ3n) is 5.41. The first-order valence-corrected chi connectivity index (χ1v) is 7.93. The number of nitrogens with one attached hydrogen (secondary N) is 1. The number of likely N-dealkylation sites (tertiary alicyclic amines) is 1. The molecule has 3 rings (SSSR count). The molecule has 1 spiro atoms. The largest absolute Gasteiger partial charge is 0.328 e. The molecule has 4 nitrogen and oxygen atoms in total. The van der Waals surface area contributed by atoms with E-state index in [0.717, 1.165) is 32.0 Å². The van der Waals surface area contributed by atoms with Crippen molar-refractivity contribution in [1.29, 1.82) is 0 Å². The van der Waals surface area contributed by atoms with Crippen LogP contribution in [-0.4, -0.2) is 54.6 Å². The maximum Gasteiger partial charge on any atom is 0.243 e. The van der Waals surface area contributed by atoms with Gasteiger partial charge in [0.1, 0.15) is 0 Å². The Bertz CT molecular complexity index is 330. The predicted molar refractivity (Wildman–Crippen MR) is 75.8 cm³/mol. The molecule has 0 unspecified atom stereocenters. The van der Waals surface area contributed by atoms with Crippen LogP contribution in [0.2, 0.25) is 0 Å². The first-order chi connectivity index (χ1) is 9.20. The molecule has 0 atom stereocenters. The standard InChI is InChI=1S/C15H27N3O/c1-17-9-4-13(5-10-17)6-11-18-12-16-15(14(18)19)7-2-3-8-15/h13,16H,2-12H2,1H3. The average Bonchev–Trinajstić information content (AvgIpc) is 3.01. The summed E-state index contributed by atoms with van der Waals surface area (Å²) in [5.74, 6) is 1.21. The summed E-state index contributed by atoms with van der Waals surface area (Å²) < 4.78 is 0. The molecule has 0 aromatic carbocycles. The molecule has 0 radical (unpaired) electrons. The normalized spacial score (nSPS) is 28.7. The molecular formula is C15H27N3O. The molecule has 0 aromatic rings. The lowest BCUT2D eigenvalue weighted by molar-refractivity contribution is -0.132. The molecule has 0 aromatic heterocycles. The number of carbonyl (C=O) groups excluding carboxylic acids is 1. The molecule has 0 bridgehead atoms. The number of amides is 1. The number of piperidine rings is 1. The van der Waals surface area contributed by atoms with Crippen molar-refractivity contribution in [2.45, 2.75) is 50.5 Å². The van der Waals surface area contributed by atoms with E-state index in [1.807, 2.05) is 0 Å². The van der Waals surface area contributed by atoms with Gasteiger partial charge in [-0.3, -0.25) is 10.1 Å². The second-order valence-electron chi connectivity index (χ2n) is 6.73. The van der Waals surface area contributed by atoms with E-state index in [9.17, 15) is 4.79 Å². The Morgan fingerprint density at radius 2 is 1.95 bits per heavy atom. The van der Waals surface area contributed by atoms with Gasteiger partial charge in [0.25, 0.3) is 0 Å². The van der Waals surface area contributed by atoms with E-state index in [1.54, 1.807) is 0 Å². The van der Waals surface area contributed by atoms with Gasteiger partial charge in [0.15, 0.2) is 0 Å². The summed E-state index contributed by atoms with van der Waals surface area (Å²) >= 11 is 0. The van der Waals surface area contributed by atoms with Crippen molar-refractivity contribution in [1.82, 2.24) is 15.1 Å². The van der Waals surface area contributed by atoms with Gasteiger partial charge in [-0.25, -0.2) is 0 Å². The first-order valence-electron chi connectivity index (χ1n) is 7.93. The molecule has 2 heterocycles. The number of rotatable bonds is 3. The van der Waals surface area contributed by atoms with Crippen LogP contribution in [0.3, 0.4) is 0 Å². The van der Waals surface area contributed by atoms with E-state index in [2.05, 4.69) is 22.2 Å². The van der Waals surface area contributed by atoms with Crippen LogP contribution in [0, 0.1) is 5.92 Å². The Morgan fingerprint density at radius 3 is 2.63 bits per heavy atom. The smallest absolute Gasteiger partial charge is 0.243 e. The summed E-state index contributed by atoms with van der Waals surface area (Å²) in [5, 5.41) is 3.49. The van der Waals surface area contributed by atoms with Crippen molar-refractivity contribution >= 4 is 5.91 Å². The van der Waals surface area contributed by atoms with Gasteiger partial charge < -0.3 is 9.80 Å². The SMILES string of the molecule is CN1CCC(CCN2CNC3(CCCC3)C2=O)CC1. The number of hydrogen-bond donors (Lipinski definition) is 1. The summed E-state index contributed by atoms with van der Waals surface area (Å²) in [6.07, 6.45) is 8.32. The van der Waals surface area contributed by atoms with Gasteiger partial charge in [0.2, 0.25) is 5.91 Å². The summed E-state index contributed by atoms with van der Waals surface area (Å²) in [5.41, 5.74) is -0.160. The lowest BCUT2D eigenvalue weighted by atomic mass is 9.93. The van der Waals surface area contributed by atoms with E-state index < -0.39 is 0 Å². The highest BCUT2D eigenvalue weighted by atomic mass is 16.2. The number of nitrogens with zero attached hydrogens (tertiary/aromatic N) is 2. The van der Waals surface area contributed by atoms with Gasteiger partial charge in [-0.1, -0.05) is 12.8 Å². The van der Waals surface area contributed by atoms with Crippen molar-refractivity contribution in [2.24, 2.45) is 5.92 Å². The van der Waals surface area contributed by atoms with Gasteiger partial charge in [0, 0.05) is 6.54 Å². The Hall–Kier alpha value is -0.610. The fraction of sp³-hybridized carbons (Fsp3) is 0.933. The zero-order valence-corrected chi connectivity index (χ0v) is 12.2. The van der Waals surface area contributed by atoms with Crippen LogP contribution >= 0.6 is 0 Å². The molecule has 1 aliphatic carbocycles. The highest BCUT2D eigenvalue weighted by Gasteiger charge is 2.47. The molecule has 108 valence electrons. The molecule has 1 N–H and O–H groups in total. The Morgan fingerprint density at radius 1 is 1.26 bits per heavy atom. The molecule has 1 amide bonds. The van der Waals surface area contributed by atoms with Crippen LogP contribution in [0.5, 0.6) is 0 Å². The van der Waals surface area contributed by atoms with E-state index in [-0.39, 0.29) is 5.54 Å². The highest BCUT2D eigenvalue weighted by Crippen LogP contribution is 2.34. The van der Waals surface area contributed by atoms with E-state index in [4.69, 9.17) is 0 Å². The van der Waals surface area contributed by atoms with Crippen LogP contribution in [-0.2, 0) is 4.79 Å². The van der Waals surface area contributed by atoms with Crippen molar-refractivity contribution < 1.29 is 4.79 Å². The zero-order chi connectivity index (χ0) is 13.3. The van der Waals surface area contributed by atoms with Crippen molar-refractivity contribution in [2.75, 3.05) is 33.4 Å². The molecule has 2 aliphatic heterocycles. The fourth-order valence-corrected chi connectivity index (χ4v) is 3.94. The molecule has 1 saturated carbocycles. The summed E-state index contributed by atoms with van der Waals surface area (Å²) in [7, 11) is 2.20. The van der Waals surface area contributed by atoms with Gasteiger partial charge in [-0.05, 0) is 58.2 Å². The Balaban J connectivity index is 1.47. The second kappa shape index (κ2) is 5.41. The van der Waals surface area contributed by atoms with Crippen LogP contribution in [0.4, 0.5) is 0 Å². The maximum absolute atomic E-state index is 12.5. The molecule has 3 fully saturated rings. The molecule has 19 heavy (non-hydrogen) atoms. The van der Waals surface area contributed by atoms with Crippen molar-refractivity contribution in [3.8, 4) is 0 Å². The quantitative estimate of drug-likeness (QED) is 0.838. The minimum absolute atomic E-state index is 0.160. The third kappa shape index (κ3) is 2.65. The molecule has 2 saturated heterocycles.